The fraction of sp³-hybridized carbons (Fsp3) is 0.939. The molecule has 1 atom stereocenters. The quantitative estimate of drug-likeness (QED) is 0.0348. The van der Waals surface area contributed by atoms with E-state index in [1.807, 2.05) is 0 Å². The lowest BCUT2D eigenvalue weighted by atomic mass is 10.0. The van der Waals surface area contributed by atoms with Crippen LogP contribution in [0.5, 0.6) is 0 Å². The number of hydrogen-bond donors (Lipinski definition) is 0. The lowest BCUT2D eigenvalue weighted by molar-refractivity contribution is -0.167. The third kappa shape index (κ3) is 43.4. The zero-order valence-electron chi connectivity index (χ0n) is 37.4. The number of ether oxygens (including phenoxy) is 3. The maximum atomic E-state index is 12.7. The van der Waals surface area contributed by atoms with E-state index in [-0.39, 0.29) is 31.1 Å². The lowest BCUT2D eigenvalue weighted by Gasteiger charge is -2.18. The molecule has 0 bridgehead atoms. The molecule has 0 heterocycles. The second-order valence-electron chi connectivity index (χ2n) is 17.2. The molecule has 0 spiro atoms. The van der Waals surface area contributed by atoms with E-state index in [0.29, 0.717) is 19.3 Å². The SMILES string of the molecule is CCCCCCCCCCCCCCCCCC(=O)O[C@@H](COC(=O)CCCCCCC)COC(=O)CCCCCCCCCCCCCCCCC(C)C. The number of carbonyl (C=O) groups excluding carboxylic acids is 3. The minimum Gasteiger partial charge on any atom is -0.462 e. The smallest absolute Gasteiger partial charge is 0.306 e. The molecule has 0 unspecified atom stereocenters. The van der Waals surface area contributed by atoms with Crippen molar-refractivity contribution in [1.29, 1.82) is 0 Å². The fourth-order valence-corrected chi connectivity index (χ4v) is 7.33. The van der Waals surface area contributed by atoms with E-state index in [0.717, 1.165) is 70.1 Å². The topological polar surface area (TPSA) is 78.9 Å². The fourth-order valence-electron chi connectivity index (χ4n) is 7.33. The van der Waals surface area contributed by atoms with Crippen LogP contribution in [0.1, 0.15) is 272 Å². The maximum absolute atomic E-state index is 12.7. The van der Waals surface area contributed by atoms with E-state index in [9.17, 15) is 14.4 Å². The Bertz CT molecular complexity index is 826. The molecule has 0 aromatic carbocycles. The van der Waals surface area contributed by atoms with E-state index in [2.05, 4.69) is 27.7 Å². The van der Waals surface area contributed by atoms with Crippen molar-refractivity contribution in [2.24, 2.45) is 5.92 Å². The first-order valence-electron chi connectivity index (χ1n) is 24.4. The van der Waals surface area contributed by atoms with Crippen LogP contribution >= 0.6 is 0 Å². The molecule has 0 saturated carbocycles. The summed E-state index contributed by atoms with van der Waals surface area (Å²) in [5, 5.41) is 0. The van der Waals surface area contributed by atoms with Gasteiger partial charge in [0.05, 0.1) is 0 Å². The molecule has 55 heavy (non-hydrogen) atoms. The number of unbranched alkanes of at least 4 members (excludes halogenated alkanes) is 31. The van der Waals surface area contributed by atoms with Crippen LogP contribution in [0.25, 0.3) is 0 Å². The molecule has 0 rings (SSSR count). The number of carbonyl (C=O) groups is 3. The lowest BCUT2D eigenvalue weighted by Crippen LogP contribution is -2.30. The third-order valence-electron chi connectivity index (χ3n) is 11.0. The first-order valence-corrected chi connectivity index (χ1v) is 24.4. The largest absolute Gasteiger partial charge is 0.462 e. The van der Waals surface area contributed by atoms with E-state index in [1.54, 1.807) is 0 Å². The molecule has 6 heteroatoms. The van der Waals surface area contributed by atoms with Crippen molar-refractivity contribution in [3.05, 3.63) is 0 Å². The van der Waals surface area contributed by atoms with Crippen molar-refractivity contribution >= 4 is 17.9 Å². The molecule has 0 radical (unpaired) electrons. The summed E-state index contributed by atoms with van der Waals surface area (Å²) in [6.45, 7) is 8.95. The Hall–Kier alpha value is -1.59. The summed E-state index contributed by atoms with van der Waals surface area (Å²) in [7, 11) is 0. The molecule has 0 N–H and O–H groups in total. The van der Waals surface area contributed by atoms with Crippen molar-refractivity contribution in [1.82, 2.24) is 0 Å². The maximum Gasteiger partial charge on any atom is 0.306 e. The average Bonchev–Trinajstić information content (AvgIpc) is 3.17. The highest BCUT2D eigenvalue weighted by molar-refractivity contribution is 5.71. The summed E-state index contributed by atoms with van der Waals surface area (Å²) >= 11 is 0. The molecule has 0 fully saturated rings. The monoisotopic (exact) mass is 779 g/mol. The molecule has 0 saturated heterocycles. The standard InChI is InChI=1S/C49H94O6/c1-5-7-9-11-12-13-14-15-16-21-24-27-30-34-38-42-49(52)55-46(43-53-47(50)40-36-31-10-8-6-2)44-54-48(51)41-37-33-29-26-23-20-18-17-19-22-25-28-32-35-39-45(3)4/h45-46H,5-44H2,1-4H3/t46-/m0/s1. The van der Waals surface area contributed by atoms with Gasteiger partial charge in [-0.1, -0.05) is 233 Å². The summed E-state index contributed by atoms with van der Waals surface area (Å²) in [6.07, 6.45) is 44.0. The van der Waals surface area contributed by atoms with Gasteiger partial charge in [0.25, 0.3) is 0 Å². The Labute approximate surface area is 342 Å². The first-order chi connectivity index (χ1) is 26.9. The summed E-state index contributed by atoms with van der Waals surface area (Å²) < 4.78 is 16.7. The molecule has 0 aliphatic heterocycles. The van der Waals surface area contributed by atoms with Crippen LogP contribution in [0.15, 0.2) is 0 Å². The Kier molecular flexibility index (Phi) is 42.3. The van der Waals surface area contributed by atoms with Crippen LogP contribution in [0.4, 0.5) is 0 Å². The van der Waals surface area contributed by atoms with E-state index in [1.165, 1.54) is 161 Å². The highest BCUT2D eigenvalue weighted by atomic mass is 16.6. The van der Waals surface area contributed by atoms with Gasteiger partial charge in [-0.2, -0.15) is 0 Å². The van der Waals surface area contributed by atoms with Gasteiger partial charge in [0.15, 0.2) is 6.10 Å². The van der Waals surface area contributed by atoms with Gasteiger partial charge in [0, 0.05) is 19.3 Å². The summed E-state index contributed by atoms with van der Waals surface area (Å²) in [4.78, 5) is 37.6. The molecule has 0 amide bonds. The van der Waals surface area contributed by atoms with Crippen molar-refractivity contribution in [2.45, 2.75) is 278 Å². The second kappa shape index (κ2) is 43.5. The number of hydrogen-bond acceptors (Lipinski definition) is 6. The van der Waals surface area contributed by atoms with E-state index < -0.39 is 6.10 Å². The Morgan fingerprint density at radius 3 is 0.891 bits per heavy atom. The van der Waals surface area contributed by atoms with Crippen molar-refractivity contribution in [3.63, 3.8) is 0 Å². The van der Waals surface area contributed by atoms with Crippen molar-refractivity contribution < 1.29 is 28.6 Å². The number of rotatable bonds is 44. The molecule has 0 aliphatic rings. The Morgan fingerprint density at radius 2 is 0.600 bits per heavy atom. The minimum atomic E-state index is -0.758. The van der Waals surface area contributed by atoms with Gasteiger partial charge in [-0.25, -0.2) is 0 Å². The van der Waals surface area contributed by atoms with Gasteiger partial charge < -0.3 is 14.2 Å². The van der Waals surface area contributed by atoms with Gasteiger partial charge in [-0.15, -0.1) is 0 Å². The summed E-state index contributed by atoms with van der Waals surface area (Å²) in [5.74, 6) is -0.0178. The summed E-state index contributed by atoms with van der Waals surface area (Å²) in [6, 6.07) is 0. The van der Waals surface area contributed by atoms with Crippen LogP contribution in [-0.2, 0) is 28.6 Å². The minimum absolute atomic E-state index is 0.0641. The van der Waals surface area contributed by atoms with Crippen LogP contribution in [-0.4, -0.2) is 37.2 Å². The molecule has 326 valence electrons. The molecular formula is C49H94O6. The Morgan fingerprint density at radius 1 is 0.345 bits per heavy atom. The second-order valence-corrected chi connectivity index (χ2v) is 17.2. The van der Waals surface area contributed by atoms with Crippen LogP contribution in [0, 0.1) is 5.92 Å². The van der Waals surface area contributed by atoms with E-state index in [4.69, 9.17) is 14.2 Å². The van der Waals surface area contributed by atoms with Gasteiger partial charge >= 0.3 is 17.9 Å². The first kappa shape index (κ1) is 53.4. The van der Waals surface area contributed by atoms with Gasteiger partial charge in [0.2, 0.25) is 0 Å². The van der Waals surface area contributed by atoms with Crippen LogP contribution < -0.4 is 0 Å². The normalized spacial score (nSPS) is 11.9. The predicted molar refractivity (Wildman–Crippen MR) is 233 cm³/mol. The van der Waals surface area contributed by atoms with E-state index >= 15 is 0 Å². The Balaban J connectivity index is 4.13. The van der Waals surface area contributed by atoms with Crippen LogP contribution in [0.2, 0.25) is 0 Å². The molecule has 0 aliphatic carbocycles. The zero-order chi connectivity index (χ0) is 40.3. The number of esters is 3. The highest BCUT2D eigenvalue weighted by Gasteiger charge is 2.19. The third-order valence-corrected chi connectivity index (χ3v) is 11.0. The van der Waals surface area contributed by atoms with Gasteiger partial charge in [-0.05, 0) is 25.2 Å². The highest BCUT2D eigenvalue weighted by Crippen LogP contribution is 2.17. The average molecular weight is 779 g/mol. The van der Waals surface area contributed by atoms with Gasteiger partial charge in [-0.3, -0.25) is 14.4 Å². The molecule has 6 nitrogen and oxygen atoms in total. The summed E-state index contributed by atoms with van der Waals surface area (Å²) in [5.41, 5.74) is 0. The predicted octanol–water partition coefficient (Wildman–Crippen LogP) is 15.5. The van der Waals surface area contributed by atoms with Gasteiger partial charge in [0.1, 0.15) is 13.2 Å². The molecular weight excluding hydrogens is 685 g/mol. The molecule has 0 aromatic rings. The van der Waals surface area contributed by atoms with Crippen molar-refractivity contribution in [3.8, 4) is 0 Å². The van der Waals surface area contributed by atoms with Crippen molar-refractivity contribution in [2.75, 3.05) is 13.2 Å². The van der Waals surface area contributed by atoms with Crippen LogP contribution in [0.3, 0.4) is 0 Å². The molecule has 0 aromatic heterocycles. The zero-order valence-corrected chi connectivity index (χ0v) is 37.4.